The first-order valence-electron chi connectivity index (χ1n) is 6.45. The second-order valence-corrected chi connectivity index (χ2v) is 4.64. The van der Waals surface area contributed by atoms with Crippen LogP contribution in [0.5, 0.6) is 0 Å². The minimum absolute atomic E-state index is 0.118. The lowest BCUT2D eigenvalue weighted by Gasteiger charge is -2.24. The standard InChI is InChI=1S/C17H18O2/c1-13(15-9-5-3-6-10-15)17(19-14(2)18)16-11-7-4-8-12-16/h3-13,17H,1-2H3/t13-,17+/m0/s1. The van der Waals surface area contributed by atoms with E-state index in [1.54, 1.807) is 0 Å². The summed E-state index contributed by atoms with van der Waals surface area (Å²) in [5.74, 6) is -0.135. The highest BCUT2D eigenvalue weighted by Gasteiger charge is 2.23. The maximum Gasteiger partial charge on any atom is 0.303 e. The van der Waals surface area contributed by atoms with Crippen molar-refractivity contribution in [3.05, 3.63) is 71.8 Å². The molecule has 2 rings (SSSR count). The number of esters is 1. The van der Waals surface area contributed by atoms with Gasteiger partial charge in [-0.2, -0.15) is 0 Å². The van der Waals surface area contributed by atoms with E-state index in [-0.39, 0.29) is 18.0 Å². The van der Waals surface area contributed by atoms with E-state index in [4.69, 9.17) is 4.74 Å². The van der Waals surface area contributed by atoms with E-state index >= 15 is 0 Å². The molecule has 0 N–H and O–H groups in total. The summed E-state index contributed by atoms with van der Waals surface area (Å²) in [5.41, 5.74) is 2.19. The van der Waals surface area contributed by atoms with Crippen LogP contribution in [-0.2, 0) is 9.53 Å². The topological polar surface area (TPSA) is 26.3 Å². The Morgan fingerprint density at radius 1 is 0.895 bits per heavy atom. The number of carbonyl (C=O) groups is 1. The van der Waals surface area contributed by atoms with Crippen molar-refractivity contribution >= 4 is 5.97 Å². The first-order valence-corrected chi connectivity index (χ1v) is 6.45. The van der Waals surface area contributed by atoms with Crippen LogP contribution in [0.2, 0.25) is 0 Å². The van der Waals surface area contributed by atoms with Crippen molar-refractivity contribution in [2.45, 2.75) is 25.9 Å². The number of hydrogen-bond acceptors (Lipinski definition) is 2. The van der Waals surface area contributed by atoms with Gasteiger partial charge < -0.3 is 4.74 Å². The summed E-state index contributed by atoms with van der Waals surface area (Å²) in [7, 11) is 0. The van der Waals surface area contributed by atoms with Crippen molar-refractivity contribution < 1.29 is 9.53 Å². The van der Waals surface area contributed by atoms with E-state index < -0.39 is 0 Å². The molecule has 0 aliphatic rings. The molecule has 0 aromatic heterocycles. The van der Waals surface area contributed by atoms with E-state index in [0.717, 1.165) is 11.1 Å². The highest BCUT2D eigenvalue weighted by molar-refractivity contribution is 5.66. The van der Waals surface area contributed by atoms with Crippen molar-refractivity contribution in [2.75, 3.05) is 0 Å². The Morgan fingerprint density at radius 2 is 1.37 bits per heavy atom. The summed E-state index contributed by atoms with van der Waals surface area (Å²) in [5, 5.41) is 0. The van der Waals surface area contributed by atoms with Crippen LogP contribution in [0.4, 0.5) is 0 Å². The van der Waals surface area contributed by atoms with Gasteiger partial charge in [0.15, 0.2) is 0 Å². The molecule has 98 valence electrons. The van der Waals surface area contributed by atoms with Crippen LogP contribution in [0.1, 0.15) is 37.0 Å². The molecule has 0 fully saturated rings. The Labute approximate surface area is 114 Å². The number of carbonyl (C=O) groups excluding carboxylic acids is 1. The van der Waals surface area contributed by atoms with E-state index in [0.29, 0.717) is 0 Å². The van der Waals surface area contributed by atoms with Crippen molar-refractivity contribution in [3.63, 3.8) is 0 Å². The SMILES string of the molecule is CC(=O)O[C@@H](c1ccccc1)[C@@H](C)c1ccccc1. The van der Waals surface area contributed by atoms with E-state index in [1.807, 2.05) is 48.5 Å². The third kappa shape index (κ3) is 3.44. The molecule has 0 saturated carbocycles. The second-order valence-electron chi connectivity index (χ2n) is 4.64. The van der Waals surface area contributed by atoms with Crippen molar-refractivity contribution in [3.8, 4) is 0 Å². The third-order valence-electron chi connectivity index (χ3n) is 3.20. The Hall–Kier alpha value is -2.09. The number of rotatable bonds is 4. The molecule has 0 aliphatic carbocycles. The number of ether oxygens (including phenoxy) is 1. The predicted molar refractivity (Wildman–Crippen MR) is 75.8 cm³/mol. The summed E-state index contributed by atoms with van der Waals surface area (Å²) in [4.78, 5) is 11.3. The fourth-order valence-corrected chi connectivity index (χ4v) is 2.21. The van der Waals surface area contributed by atoms with Crippen LogP contribution < -0.4 is 0 Å². The molecule has 2 nitrogen and oxygen atoms in total. The largest absolute Gasteiger partial charge is 0.457 e. The third-order valence-corrected chi connectivity index (χ3v) is 3.20. The predicted octanol–water partition coefficient (Wildman–Crippen LogP) is 4.09. The highest BCUT2D eigenvalue weighted by atomic mass is 16.5. The molecular weight excluding hydrogens is 236 g/mol. The zero-order chi connectivity index (χ0) is 13.7. The first-order chi connectivity index (χ1) is 9.18. The summed E-state index contributed by atoms with van der Waals surface area (Å²) in [6.07, 6.45) is -0.249. The molecule has 19 heavy (non-hydrogen) atoms. The fourth-order valence-electron chi connectivity index (χ4n) is 2.21. The average molecular weight is 254 g/mol. The van der Waals surface area contributed by atoms with Crippen LogP contribution in [0.15, 0.2) is 60.7 Å². The smallest absolute Gasteiger partial charge is 0.303 e. The summed E-state index contributed by atoms with van der Waals surface area (Å²) < 4.78 is 5.51. The molecule has 2 heteroatoms. The van der Waals surface area contributed by atoms with E-state index in [1.165, 1.54) is 6.92 Å². The van der Waals surface area contributed by atoms with Gasteiger partial charge in [0.2, 0.25) is 0 Å². The number of benzene rings is 2. The van der Waals surface area contributed by atoms with E-state index in [9.17, 15) is 4.79 Å². The van der Waals surface area contributed by atoms with Crippen LogP contribution >= 0.6 is 0 Å². The minimum atomic E-state index is -0.253. The van der Waals surface area contributed by atoms with Gasteiger partial charge in [-0.15, -0.1) is 0 Å². The Kier molecular flexibility index (Phi) is 4.35. The van der Waals surface area contributed by atoms with Gasteiger partial charge in [-0.1, -0.05) is 67.6 Å². The number of hydrogen-bond donors (Lipinski definition) is 0. The van der Waals surface area contributed by atoms with Crippen LogP contribution in [0.3, 0.4) is 0 Å². The molecule has 0 radical (unpaired) electrons. The van der Waals surface area contributed by atoms with Crippen molar-refractivity contribution in [1.29, 1.82) is 0 Å². The molecule has 0 spiro atoms. The second kappa shape index (κ2) is 6.19. The van der Waals surface area contributed by atoms with Crippen LogP contribution in [0, 0.1) is 0 Å². The zero-order valence-electron chi connectivity index (χ0n) is 11.2. The van der Waals surface area contributed by atoms with Gasteiger partial charge in [0, 0.05) is 12.8 Å². The van der Waals surface area contributed by atoms with Gasteiger partial charge in [-0.05, 0) is 11.1 Å². The molecule has 0 bridgehead atoms. The quantitative estimate of drug-likeness (QED) is 0.768. The molecule has 2 aromatic rings. The Bertz CT molecular complexity index is 519. The minimum Gasteiger partial charge on any atom is -0.457 e. The normalized spacial score (nSPS) is 13.6. The molecule has 0 aliphatic heterocycles. The Morgan fingerprint density at radius 3 is 1.84 bits per heavy atom. The molecule has 2 aromatic carbocycles. The van der Waals surface area contributed by atoms with E-state index in [2.05, 4.69) is 19.1 Å². The maximum atomic E-state index is 11.3. The zero-order valence-corrected chi connectivity index (χ0v) is 11.2. The maximum absolute atomic E-state index is 11.3. The first kappa shape index (κ1) is 13.3. The molecule has 2 atom stereocenters. The summed E-state index contributed by atoms with van der Waals surface area (Å²) in [6.45, 7) is 3.53. The van der Waals surface area contributed by atoms with Crippen LogP contribution in [-0.4, -0.2) is 5.97 Å². The van der Waals surface area contributed by atoms with Crippen molar-refractivity contribution in [2.24, 2.45) is 0 Å². The van der Waals surface area contributed by atoms with Gasteiger partial charge in [0.05, 0.1) is 0 Å². The molecule has 0 amide bonds. The lowest BCUT2D eigenvalue weighted by Crippen LogP contribution is -2.15. The lowest BCUT2D eigenvalue weighted by atomic mass is 9.90. The summed E-state index contributed by atoms with van der Waals surface area (Å²) in [6, 6.07) is 20.0. The lowest BCUT2D eigenvalue weighted by molar-refractivity contribution is -0.147. The monoisotopic (exact) mass is 254 g/mol. The van der Waals surface area contributed by atoms with Gasteiger partial charge >= 0.3 is 5.97 Å². The molecule has 0 heterocycles. The highest BCUT2D eigenvalue weighted by Crippen LogP contribution is 2.33. The van der Waals surface area contributed by atoms with Gasteiger partial charge in [0.1, 0.15) is 6.10 Å². The Balaban J connectivity index is 2.30. The van der Waals surface area contributed by atoms with Gasteiger partial charge in [0.25, 0.3) is 0 Å². The summed E-state index contributed by atoms with van der Waals surface area (Å²) >= 11 is 0. The van der Waals surface area contributed by atoms with Crippen LogP contribution in [0.25, 0.3) is 0 Å². The molecular formula is C17H18O2. The fraction of sp³-hybridized carbons (Fsp3) is 0.235. The average Bonchev–Trinajstić information content (AvgIpc) is 2.46. The molecule has 0 unspecified atom stereocenters. The van der Waals surface area contributed by atoms with Crippen molar-refractivity contribution in [1.82, 2.24) is 0 Å². The van der Waals surface area contributed by atoms with Gasteiger partial charge in [-0.3, -0.25) is 4.79 Å². The van der Waals surface area contributed by atoms with Gasteiger partial charge in [-0.25, -0.2) is 0 Å². The molecule has 0 saturated heterocycles.